The number of carbonyl (C=O) groups excluding carboxylic acids is 2. The van der Waals surface area contributed by atoms with Gasteiger partial charge in [-0.2, -0.15) is 0 Å². The van der Waals surface area contributed by atoms with Gasteiger partial charge in [0.15, 0.2) is 11.0 Å². The Morgan fingerprint density at radius 3 is 2.61 bits per heavy atom. The molecule has 0 saturated carbocycles. The van der Waals surface area contributed by atoms with Gasteiger partial charge in [0.25, 0.3) is 5.91 Å². The van der Waals surface area contributed by atoms with Crippen LogP contribution in [0.2, 0.25) is 10.0 Å². The SMILES string of the molecule is Cc1cc(Cl)ccc1NC(=O)CSc1nnc(C(C)NC(=O)c2ccccc2Cl)n1C. The van der Waals surface area contributed by atoms with Crippen molar-refractivity contribution in [1.29, 1.82) is 0 Å². The largest absolute Gasteiger partial charge is 0.342 e. The third kappa shape index (κ3) is 5.78. The number of aryl methyl sites for hydroxylation is 1. The molecule has 0 bridgehead atoms. The van der Waals surface area contributed by atoms with Crippen molar-refractivity contribution < 1.29 is 9.59 Å². The number of amides is 2. The predicted octanol–water partition coefficient (Wildman–Crippen LogP) is 4.65. The van der Waals surface area contributed by atoms with Crippen molar-refractivity contribution in [2.45, 2.75) is 25.0 Å². The first kappa shape index (κ1) is 23.1. The third-order valence-electron chi connectivity index (χ3n) is 4.52. The lowest BCUT2D eigenvalue weighted by molar-refractivity contribution is -0.113. The predicted molar refractivity (Wildman–Crippen MR) is 124 cm³/mol. The molecule has 1 aromatic heterocycles. The van der Waals surface area contributed by atoms with Gasteiger partial charge >= 0.3 is 0 Å². The summed E-state index contributed by atoms with van der Waals surface area (Å²) < 4.78 is 1.75. The number of aromatic nitrogens is 3. The summed E-state index contributed by atoms with van der Waals surface area (Å²) in [6, 6.07) is 11.7. The van der Waals surface area contributed by atoms with Gasteiger partial charge in [-0.3, -0.25) is 9.59 Å². The van der Waals surface area contributed by atoms with Gasteiger partial charge in [0, 0.05) is 17.8 Å². The van der Waals surface area contributed by atoms with Crippen LogP contribution in [-0.2, 0) is 11.8 Å². The van der Waals surface area contributed by atoms with Gasteiger partial charge in [-0.1, -0.05) is 47.1 Å². The molecule has 1 atom stereocenters. The van der Waals surface area contributed by atoms with Crippen LogP contribution in [0.5, 0.6) is 0 Å². The summed E-state index contributed by atoms with van der Waals surface area (Å²) in [5.41, 5.74) is 1.99. The molecule has 3 aromatic rings. The van der Waals surface area contributed by atoms with Crippen molar-refractivity contribution >= 4 is 52.5 Å². The Bertz CT molecular complexity index is 1120. The molecular weight excluding hydrogens is 457 g/mol. The number of nitrogens with zero attached hydrogens (tertiary/aromatic N) is 3. The second-order valence-electron chi connectivity index (χ2n) is 6.87. The highest BCUT2D eigenvalue weighted by atomic mass is 35.5. The smallest absolute Gasteiger partial charge is 0.253 e. The van der Waals surface area contributed by atoms with Gasteiger partial charge in [-0.05, 0) is 49.7 Å². The lowest BCUT2D eigenvalue weighted by atomic mass is 10.2. The van der Waals surface area contributed by atoms with E-state index in [1.807, 2.05) is 13.8 Å². The molecule has 10 heteroatoms. The molecule has 0 aliphatic carbocycles. The van der Waals surface area contributed by atoms with Crippen molar-refractivity contribution in [3.05, 3.63) is 69.5 Å². The van der Waals surface area contributed by atoms with E-state index in [0.717, 1.165) is 5.56 Å². The minimum absolute atomic E-state index is 0.161. The molecule has 0 fully saturated rings. The zero-order valence-electron chi connectivity index (χ0n) is 17.1. The van der Waals surface area contributed by atoms with E-state index in [4.69, 9.17) is 23.2 Å². The fraction of sp³-hybridized carbons (Fsp3) is 0.238. The molecular formula is C21H21Cl2N5O2S. The summed E-state index contributed by atoms with van der Waals surface area (Å²) in [6.45, 7) is 3.69. The fourth-order valence-electron chi connectivity index (χ4n) is 2.90. The minimum Gasteiger partial charge on any atom is -0.342 e. The summed E-state index contributed by atoms with van der Waals surface area (Å²) in [5.74, 6) is 0.263. The minimum atomic E-state index is -0.402. The monoisotopic (exact) mass is 477 g/mol. The maximum Gasteiger partial charge on any atom is 0.253 e. The van der Waals surface area contributed by atoms with Crippen LogP contribution in [0.3, 0.4) is 0 Å². The summed E-state index contributed by atoms with van der Waals surface area (Å²) in [6.07, 6.45) is 0. The molecule has 2 N–H and O–H groups in total. The Kier molecular flexibility index (Phi) is 7.59. The van der Waals surface area contributed by atoms with Gasteiger partial charge in [-0.25, -0.2) is 0 Å². The molecule has 3 rings (SSSR count). The summed E-state index contributed by atoms with van der Waals surface area (Å²) >= 11 is 13.3. The second kappa shape index (κ2) is 10.2. The normalized spacial score (nSPS) is 11.8. The van der Waals surface area contributed by atoms with Crippen LogP contribution in [0.25, 0.3) is 0 Å². The quantitative estimate of drug-likeness (QED) is 0.483. The zero-order chi connectivity index (χ0) is 22.5. The van der Waals surface area contributed by atoms with Crippen LogP contribution < -0.4 is 10.6 Å². The number of benzene rings is 2. The van der Waals surface area contributed by atoms with Crippen molar-refractivity contribution in [1.82, 2.24) is 20.1 Å². The molecule has 1 heterocycles. The molecule has 0 aliphatic heterocycles. The van der Waals surface area contributed by atoms with Crippen LogP contribution in [0.4, 0.5) is 5.69 Å². The first-order chi connectivity index (χ1) is 14.8. The van der Waals surface area contributed by atoms with E-state index in [1.165, 1.54) is 11.8 Å². The lowest BCUT2D eigenvalue weighted by Gasteiger charge is -2.14. The Morgan fingerprint density at radius 2 is 1.90 bits per heavy atom. The molecule has 1 unspecified atom stereocenters. The topological polar surface area (TPSA) is 88.9 Å². The van der Waals surface area contributed by atoms with Gasteiger partial charge in [0.05, 0.1) is 22.4 Å². The van der Waals surface area contributed by atoms with Crippen molar-refractivity contribution in [2.75, 3.05) is 11.1 Å². The van der Waals surface area contributed by atoms with E-state index in [1.54, 1.807) is 54.1 Å². The second-order valence-corrected chi connectivity index (χ2v) is 8.66. The number of nitrogens with one attached hydrogen (secondary N) is 2. The van der Waals surface area contributed by atoms with E-state index >= 15 is 0 Å². The van der Waals surface area contributed by atoms with Crippen LogP contribution in [-0.4, -0.2) is 32.3 Å². The highest BCUT2D eigenvalue weighted by molar-refractivity contribution is 7.99. The Morgan fingerprint density at radius 1 is 1.16 bits per heavy atom. The van der Waals surface area contributed by atoms with E-state index in [-0.39, 0.29) is 17.6 Å². The molecule has 2 aromatic carbocycles. The molecule has 2 amide bonds. The van der Waals surface area contributed by atoms with E-state index in [0.29, 0.717) is 32.3 Å². The molecule has 0 aliphatic rings. The number of halogens is 2. The fourth-order valence-corrected chi connectivity index (χ4v) is 4.06. The molecule has 0 saturated heterocycles. The van der Waals surface area contributed by atoms with E-state index in [2.05, 4.69) is 20.8 Å². The number of thioether (sulfide) groups is 1. The van der Waals surface area contributed by atoms with E-state index < -0.39 is 6.04 Å². The van der Waals surface area contributed by atoms with E-state index in [9.17, 15) is 9.59 Å². The summed E-state index contributed by atoms with van der Waals surface area (Å²) in [5, 5.41) is 15.6. The van der Waals surface area contributed by atoms with Crippen LogP contribution in [0.1, 0.15) is 34.7 Å². The van der Waals surface area contributed by atoms with Crippen molar-refractivity contribution in [2.24, 2.45) is 7.05 Å². The van der Waals surface area contributed by atoms with Gasteiger partial charge < -0.3 is 15.2 Å². The first-order valence-corrected chi connectivity index (χ1v) is 11.1. The van der Waals surface area contributed by atoms with Gasteiger partial charge in [0.1, 0.15) is 0 Å². The molecule has 0 radical (unpaired) electrons. The highest BCUT2D eigenvalue weighted by Gasteiger charge is 2.20. The highest BCUT2D eigenvalue weighted by Crippen LogP contribution is 2.22. The van der Waals surface area contributed by atoms with Crippen molar-refractivity contribution in [3.63, 3.8) is 0 Å². The number of hydrogen-bond donors (Lipinski definition) is 2. The van der Waals surface area contributed by atoms with Crippen molar-refractivity contribution in [3.8, 4) is 0 Å². The standard InChI is InChI=1S/C21H21Cl2N5O2S/c1-12-10-14(22)8-9-17(12)25-18(29)11-31-21-27-26-19(28(21)3)13(2)24-20(30)15-6-4-5-7-16(15)23/h4-10,13H,11H2,1-3H3,(H,24,30)(H,25,29). The number of anilines is 1. The molecule has 31 heavy (non-hydrogen) atoms. The van der Waals surface area contributed by atoms with Gasteiger partial charge in [0.2, 0.25) is 5.91 Å². The number of carbonyl (C=O) groups is 2. The third-order valence-corrected chi connectivity index (χ3v) is 6.10. The Balaban J connectivity index is 1.59. The van der Waals surface area contributed by atoms with Crippen LogP contribution in [0, 0.1) is 6.92 Å². The molecule has 7 nitrogen and oxygen atoms in total. The summed E-state index contributed by atoms with van der Waals surface area (Å²) in [7, 11) is 1.79. The lowest BCUT2D eigenvalue weighted by Crippen LogP contribution is -2.28. The Labute approximate surface area is 194 Å². The van der Waals surface area contributed by atoms with Crippen LogP contribution in [0.15, 0.2) is 47.6 Å². The first-order valence-electron chi connectivity index (χ1n) is 9.39. The zero-order valence-corrected chi connectivity index (χ0v) is 19.5. The molecule has 0 spiro atoms. The van der Waals surface area contributed by atoms with Crippen LogP contribution >= 0.6 is 35.0 Å². The van der Waals surface area contributed by atoms with Gasteiger partial charge in [-0.15, -0.1) is 10.2 Å². The average molecular weight is 478 g/mol. The average Bonchev–Trinajstić information content (AvgIpc) is 3.09. The number of hydrogen-bond acceptors (Lipinski definition) is 5. The maximum atomic E-state index is 12.5. The Hall–Kier alpha value is -2.55. The number of rotatable bonds is 7. The maximum absolute atomic E-state index is 12.5. The molecule has 162 valence electrons. The summed E-state index contributed by atoms with van der Waals surface area (Å²) in [4.78, 5) is 24.8.